The van der Waals surface area contributed by atoms with E-state index < -0.39 is 6.10 Å². The zero-order chi connectivity index (χ0) is 14.1. The predicted molar refractivity (Wildman–Crippen MR) is 85.6 cm³/mol. The molecular formula is C18H22OS. The fourth-order valence-electron chi connectivity index (χ4n) is 3.14. The zero-order valence-electron chi connectivity index (χ0n) is 12.3. The van der Waals surface area contributed by atoms with Crippen LogP contribution in [0.4, 0.5) is 0 Å². The topological polar surface area (TPSA) is 20.2 Å². The fourth-order valence-corrected chi connectivity index (χ4v) is 4.41. The summed E-state index contributed by atoms with van der Waals surface area (Å²) in [4.78, 5) is 2.60. The SMILES string of the molecule is CCc1ccc(C(O)c2cc3c(s2)CCC3)cc1CC. The minimum Gasteiger partial charge on any atom is -0.383 e. The minimum absolute atomic E-state index is 0.457. The van der Waals surface area contributed by atoms with E-state index in [1.54, 1.807) is 11.3 Å². The number of aliphatic hydroxyl groups excluding tert-OH is 1. The molecule has 1 aromatic heterocycles. The second-order valence-corrected chi connectivity index (χ2v) is 6.76. The summed E-state index contributed by atoms with van der Waals surface area (Å²) in [7, 11) is 0. The van der Waals surface area contributed by atoms with Crippen LogP contribution in [0, 0.1) is 0 Å². The number of fused-ring (bicyclic) bond motifs is 1. The fraction of sp³-hybridized carbons (Fsp3) is 0.444. The lowest BCUT2D eigenvalue weighted by Gasteiger charge is -2.13. The Labute approximate surface area is 125 Å². The molecule has 1 aliphatic rings. The molecule has 0 aliphatic heterocycles. The summed E-state index contributed by atoms with van der Waals surface area (Å²) in [5.74, 6) is 0. The lowest BCUT2D eigenvalue weighted by Crippen LogP contribution is -2.00. The number of thiophene rings is 1. The Kier molecular flexibility index (Phi) is 3.95. The Hall–Kier alpha value is -1.12. The van der Waals surface area contributed by atoms with Crippen LogP contribution >= 0.6 is 11.3 Å². The highest BCUT2D eigenvalue weighted by atomic mass is 32.1. The molecule has 0 saturated carbocycles. The zero-order valence-corrected chi connectivity index (χ0v) is 13.1. The van der Waals surface area contributed by atoms with Crippen molar-refractivity contribution >= 4 is 11.3 Å². The second-order valence-electron chi connectivity index (χ2n) is 5.59. The van der Waals surface area contributed by atoms with Gasteiger partial charge in [-0.15, -0.1) is 11.3 Å². The summed E-state index contributed by atoms with van der Waals surface area (Å²) < 4.78 is 0. The number of hydrogen-bond donors (Lipinski definition) is 1. The largest absolute Gasteiger partial charge is 0.383 e. The molecule has 1 unspecified atom stereocenters. The van der Waals surface area contributed by atoms with Crippen molar-refractivity contribution in [2.24, 2.45) is 0 Å². The van der Waals surface area contributed by atoms with Gasteiger partial charge in [-0.1, -0.05) is 32.0 Å². The van der Waals surface area contributed by atoms with Crippen molar-refractivity contribution in [3.05, 3.63) is 56.3 Å². The van der Waals surface area contributed by atoms with E-state index in [2.05, 4.69) is 38.1 Å². The number of benzene rings is 1. The van der Waals surface area contributed by atoms with Crippen LogP contribution in [0.2, 0.25) is 0 Å². The van der Waals surface area contributed by atoms with Crippen molar-refractivity contribution < 1.29 is 5.11 Å². The third-order valence-corrected chi connectivity index (χ3v) is 5.63. The van der Waals surface area contributed by atoms with Crippen LogP contribution in [0.15, 0.2) is 24.3 Å². The average Bonchev–Trinajstić information content (AvgIpc) is 3.06. The van der Waals surface area contributed by atoms with Gasteiger partial charge in [0.15, 0.2) is 0 Å². The number of aryl methyl sites for hydroxylation is 4. The van der Waals surface area contributed by atoms with Crippen LogP contribution in [0.3, 0.4) is 0 Å². The monoisotopic (exact) mass is 286 g/mol. The minimum atomic E-state index is -0.457. The predicted octanol–water partition coefficient (Wildman–Crippen LogP) is 4.44. The highest BCUT2D eigenvalue weighted by molar-refractivity contribution is 7.12. The van der Waals surface area contributed by atoms with Crippen molar-refractivity contribution in [3.8, 4) is 0 Å². The van der Waals surface area contributed by atoms with Crippen LogP contribution in [-0.2, 0) is 25.7 Å². The van der Waals surface area contributed by atoms with E-state index in [1.807, 2.05) is 0 Å². The molecule has 1 heterocycles. The lowest BCUT2D eigenvalue weighted by atomic mass is 9.97. The molecule has 2 heteroatoms. The maximum absolute atomic E-state index is 10.6. The first-order chi connectivity index (χ1) is 9.72. The van der Waals surface area contributed by atoms with E-state index in [-0.39, 0.29) is 0 Å². The quantitative estimate of drug-likeness (QED) is 0.880. The van der Waals surface area contributed by atoms with Gasteiger partial charge in [-0.3, -0.25) is 0 Å². The van der Waals surface area contributed by atoms with E-state index in [1.165, 1.54) is 40.8 Å². The molecule has 0 bridgehead atoms. The third kappa shape index (κ3) is 2.43. The molecule has 106 valence electrons. The van der Waals surface area contributed by atoms with Gasteiger partial charge in [-0.25, -0.2) is 0 Å². The van der Waals surface area contributed by atoms with Crippen LogP contribution in [-0.4, -0.2) is 5.11 Å². The molecule has 20 heavy (non-hydrogen) atoms. The van der Waals surface area contributed by atoms with Gasteiger partial charge in [0, 0.05) is 9.75 Å². The summed E-state index contributed by atoms with van der Waals surface area (Å²) in [6.45, 7) is 4.37. The Bertz CT molecular complexity index is 590. The van der Waals surface area contributed by atoms with Gasteiger partial charge in [0.2, 0.25) is 0 Å². The third-order valence-electron chi connectivity index (χ3n) is 4.34. The number of aliphatic hydroxyl groups is 1. The molecule has 0 radical (unpaired) electrons. The van der Waals surface area contributed by atoms with Gasteiger partial charge in [0.25, 0.3) is 0 Å². The van der Waals surface area contributed by atoms with Crippen molar-refractivity contribution in [1.29, 1.82) is 0 Å². The molecule has 1 atom stereocenters. The van der Waals surface area contributed by atoms with Crippen molar-refractivity contribution in [3.63, 3.8) is 0 Å². The number of rotatable bonds is 4. The molecule has 1 N–H and O–H groups in total. The van der Waals surface area contributed by atoms with Gasteiger partial charge < -0.3 is 5.11 Å². The molecule has 1 aromatic carbocycles. The first-order valence-corrected chi connectivity index (χ1v) is 8.45. The molecule has 0 amide bonds. The maximum Gasteiger partial charge on any atom is 0.113 e. The van der Waals surface area contributed by atoms with Crippen molar-refractivity contribution in [2.75, 3.05) is 0 Å². The van der Waals surface area contributed by atoms with Crippen LogP contribution in [0.1, 0.15) is 58.4 Å². The van der Waals surface area contributed by atoms with Gasteiger partial charge in [0.1, 0.15) is 6.10 Å². The average molecular weight is 286 g/mol. The van der Waals surface area contributed by atoms with Crippen LogP contribution in [0.25, 0.3) is 0 Å². The van der Waals surface area contributed by atoms with Crippen molar-refractivity contribution in [1.82, 2.24) is 0 Å². The van der Waals surface area contributed by atoms with Gasteiger partial charge >= 0.3 is 0 Å². The lowest BCUT2D eigenvalue weighted by molar-refractivity contribution is 0.224. The standard InChI is InChI=1S/C18H22OS/c1-3-12-8-9-15(10-13(12)4-2)18(19)17-11-14-6-5-7-16(14)20-17/h8-11,18-19H,3-7H2,1-2H3. The molecule has 1 aliphatic carbocycles. The Morgan fingerprint density at radius 2 is 1.90 bits per heavy atom. The molecule has 2 aromatic rings. The Morgan fingerprint density at radius 3 is 2.60 bits per heavy atom. The highest BCUT2D eigenvalue weighted by Crippen LogP contribution is 2.36. The molecule has 0 saturated heterocycles. The molecular weight excluding hydrogens is 264 g/mol. The summed E-state index contributed by atoms with van der Waals surface area (Å²) in [6, 6.07) is 8.68. The first-order valence-electron chi connectivity index (χ1n) is 7.64. The summed E-state index contributed by atoms with van der Waals surface area (Å²) in [5.41, 5.74) is 5.27. The van der Waals surface area contributed by atoms with E-state index >= 15 is 0 Å². The normalized spacial score (nSPS) is 15.3. The highest BCUT2D eigenvalue weighted by Gasteiger charge is 2.20. The van der Waals surface area contributed by atoms with Gasteiger partial charge in [-0.2, -0.15) is 0 Å². The molecule has 3 rings (SSSR count). The van der Waals surface area contributed by atoms with E-state index in [9.17, 15) is 5.11 Å². The summed E-state index contributed by atoms with van der Waals surface area (Å²) >= 11 is 1.80. The number of hydrogen-bond acceptors (Lipinski definition) is 2. The van der Waals surface area contributed by atoms with E-state index in [0.29, 0.717) is 0 Å². The van der Waals surface area contributed by atoms with Crippen molar-refractivity contribution in [2.45, 2.75) is 52.1 Å². The van der Waals surface area contributed by atoms with E-state index in [4.69, 9.17) is 0 Å². The van der Waals surface area contributed by atoms with Gasteiger partial charge in [-0.05, 0) is 60.4 Å². The Morgan fingerprint density at radius 1 is 1.10 bits per heavy atom. The first kappa shape index (κ1) is 13.8. The second kappa shape index (κ2) is 5.71. The van der Waals surface area contributed by atoms with Crippen LogP contribution in [0.5, 0.6) is 0 Å². The van der Waals surface area contributed by atoms with E-state index in [0.717, 1.165) is 23.3 Å². The molecule has 0 fully saturated rings. The Balaban J connectivity index is 1.91. The summed E-state index contributed by atoms with van der Waals surface area (Å²) in [6.07, 6.45) is 5.30. The molecule has 0 spiro atoms. The maximum atomic E-state index is 10.6. The summed E-state index contributed by atoms with van der Waals surface area (Å²) in [5, 5.41) is 10.6. The van der Waals surface area contributed by atoms with Crippen LogP contribution < -0.4 is 0 Å². The smallest absolute Gasteiger partial charge is 0.113 e. The van der Waals surface area contributed by atoms with Gasteiger partial charge in [0.05, 0.1) is 0 Å². The molecule has 1 nitrogen and oxygen atoms in total.